The Hall–Kier alpha value is -3.41. The van der Waals surface area contributed by atoms with Gasteiger partial charge in [-0.2, -0.15) is 0 Å². The third-order valence-corrected chi connectivity index (χ3v) is 6.91. The molecule has 0 aliphatic carbocycles. The number of piperazine rings is 1. The van der Waals surface area contributed by atoms with Crippen LogP contribution in [0.1, 0.15) is 32.6 Å². The molecule has 37 heavy (non-hydrogen) atoms. The highest BCUT2D eigenvalue weighted by molar-refractivity contribution is 6.08. The van der Waals surface area contributed by atoms with E-state index >= 15 is 0 Å². The molecule has 0 N–H and O–H groups in total. The van der Waals surface area contributed by atoms with Gasteiger partial charge in [-0.05, 0) is 99.7 Å². The molecule has 194 valence electrons. The number of aryl methyl sites for hydroxylation is 2. The maximum absolute atomic E-state index is 13.4. The second kappa shape index (κ2) is 11.8. The topological polar surface area (TPSA) is 36.0 Å². The third kappa shape index (κ3) is 6.68. The zero-order valence-electron chi connectivity index (χ0n) is 23.0. The molecule has 1 aliphatic heterocycles. The summed E-state index contributed by atoms with van der Waals surface area (Å²) < 4.78 is 5.41. The lowest BCUT2D eigenvalue weighted by Gasteiger charge is -2.35. The van der Waals surface area contributed by atoms with Crippen LogP contribution in [0.2, 0.25) is 0 Å². The molecule has 0 saturated carbocycles. The standard InChI is InChI=1S/C32H39N3O2/c1-23-17-24(2)19-27(18-23)25-7-11-31(35-15-13-34(5)14-16-35)26(20-25)8-12-32(36)30-10-9-29(37-6)21-28(30)22-33(3)4/h7-12,17-21H,13-16,22H2,1-6H3/b12-8+. The Kier molecular flexibility index (Phi) is 8.47. The van der Waals surface area contributed by atoms with E-state index in [0.717, 1.165) is 48.6 Å². The molecular formula is C32H39N3O2. The number of rotatable bonds is 8. The summed E-state index contributed by atoms with van der Waals surface area (Å²) in [5.74, 6) is 0.761. The summed E-state index contributed by atoms with van der Waals surface area (Å²) in [4.78, 5) is 20.3. The molecule has 1 fully saturated rings. The van der Waals surface area contributed by atoms with Crippen LogP contribution in [0.15, 0.2) is 60.7 Å². The van der Waals surface area contributed by atoms with E-state index in [4.69, 9.17) is 4.74 Å². The van der Waals surface area contributed by atoms with Gasteiger partial charge in [-0.1, -0.05) is 35.4 Å². The average Bonchev–Trinajstić information content (AvgIpc) is 2.86. The van der Waals surface area contributed by atoms with Crippen molar-refractivity contribution in [3.05, 3.63) is 88.5 Å². The molecule has 1 saturated heterocycles. The lowest BCUT2D eigenvalue weighted by Crippen LogP contribution is -2.44. The molecule has 1 heterocycles. The Bertz CT molecular complexity index is 1270. The van der Waals surface area contributed by atoms with E-state index in [1.54, 1.807) is 13.2 Å². The second-order valence-electron chi connectivity index (χ2n) is 10.4. The van der Waals surface area contributed by atoms with Crippen molar-refractivity contribution in [3.63, 3.8) is 0 Å². The van der Waals surface area contributed by atoms with Crippen molar-refractivity contribution in [2.45, 2.75) is 20.4 Å². The minimum absolute atomic E-state index is 0.000587. The van der Waals surface area contributed by atoms with Gasteiger partial charge < -0.3 is 19.4 Å². The molecule has 0 unspecified atom stereocenters. The van der Waals surface area contributed by atoms with Crippen LogP contribution >= 0.6 is 0 Å². The van der Waals surface area contributed by atoms with E-state index in [9.17, 15) is 4.79 Å². The van der Waals surface area contributed by atoms with Crippen molar-refractivity contribution in [1.29, 1.82) is 0 Å². The van der Waals surface area contributed by atoms with E-state index < -0.39 is 0 Å². The first-order chi connectivity index (χ1) is 17.7. The summed E-state index contributed by atoms with van der Waals surface area (Å²) in [5.41, 5.74) is 8.77. The van der Waals surface area contributed by atoms with Gasteiger partial charge in [-0.25, -0.2) is 0 Å². The minimum Gasteiger partial charge on any atom is -0.497 e. The summed E-state index contributed by atoms with van der Waals surface area (Å²) in [6, 6.07) is 19.0. The van der Waals surface area contributed by atoms with Crippen LogP contribution in [-0.2, 0) is 6.54 Å². The minimum atomic E-state index is 0.000587. The van der Waals surface area contributed by atoms with Crippen molar-refractivity contribution in [2.75, 3.05) is 59.3 Å². The lowest BCUT2D eigenvalue weighted by atomic mass is 9.97. The van der Waals surface area contributed by atoms with E-state index in [-0.39, 0.29) is 5.78 Å². The molecule has 3 aromatic rings. The Labute approximate surface area is 222 Å². The summed E-state index contributed by atoms with van der Waals surface area (Å²) in [6.07, 6.45) is 3.72. The molecule has 0 radical (unpaired) electrons. The van der Waals surface area contributed by atoms with E-state index in [2.05, 4.69) is 72.0 Å². The molecule has 1 aliphatic rings. The van der Waals surface area contributed by atoms with Gasteiger partial charge in [-0.15, -0.1) is 0 Å². The number of hydrogen-bond donors (Lipinski definition) is 0. The zero-order chi connectivity index (χ0) is 26.5. The zero-order valence-corrected chi connectivity index (χ0v) is 23.0. The molecule has 5 nitrogen and oxygen atoms in total. The number of ketones is 1. The van der Waals surface area contributed by atoms with Crippen molar-refractivity contribution >= 4 is 17.5 Å². The summed E-state index contributed by atoms with van der Waals surface area (Å²) in [7, 11) is 7.83. The van der Waals surface area contributed by atoms with Crippen LogP contribution in [0, 0.1) is 13.8 Å². The van der Waals surface area contributed by atoms with Gasteiger partial charge in [0.05, 0.1) is 7.11 Å². The Morgan fingerprint density at radius 2 is 1.62 bits per heavy atom. The highest BCUT2D eigenvalue weighted by atomic mass is 16.5. The second-order valence-corrected chi connectivity index (χ2v) is 10.4. The first kappa shape index (κ1) is 26.6. The van der Waals surface area contributed by atoms with Gasteiger partial charge in [-0.3, -0.25) is 4.79 Å². The molecule has 5 heteroatoms. The number of benzene rings is 3. The molecular weight excluding hydrogens is 458 g/mol. The number of allylic oxidation sites excluding steroid dienone is 1. The summed E-state index contributed by atoms with van der Waals surface area (Å²) in [5, 5.41) is 0. The monoisotopic (exact) mass is 497 g/mol. The predicted molar refractivity (Wildman–Crippen MR) is 155 cm³/mol. The Balaban J connectivity index is 1.72. The fraction of sp³-hybridized carbons (Fsp3) is 0.344. The van der Waals surface area contributed by atoms with E-state index in [1.807, 2.05) is 38.4 Å². The quantitative estimate of drug-likeness (QED) is 0.295. The summed E-state index contributed by atoms with van der Waals surface area (Å²) >= 11 is 0. The predicted octanol–water partition coefficient (Wildman–Crippen LogP) is 5.69. The maximum atomic E-state index is 13.4. The molecule has 4 rings (SSSR count). The number of ether oxygens (including phenoxy) is 1. The molecule has 0 aromatic heterocycles. The number of anilines is 1. The number of hydrogen-bond acceptors (Lipinski definition) is 5. The van der Waals surface area contributed by atoms with Crippen molar-refractivity contribution < 1.29 is 9.53 Å². The molecule has 0 amide bonds. The van der Waals surface area contributed by atoms with Gasteiger partial charge in [0, 0.05) is 44.0 Å². The highest BCUT2D eigenvalue weighted by Crippen LogP contribution is 2.31. The van der Waals surface area contributed by atoms with Gasteiger partial charge in [0.1, 0.15) is 5.75 Å². The molecule has 3 aromatic carbocycles. The Morgan fingerprint density at radius 3 is 2.27 bits per heavy atom. The van der Waals surface area contributed by atoms with Crippen LogP contribution in [0.25, 0.3) is 17.2 Å². The molecule has 0 spiro atoms. The van der Waals surface area contributed by atoms with Gasteiger partial charge in [0.25, 0.3) is 0 Å². The van der Waals surface area contributed by atoms with Crippen molar-refractivity contribution in [1.82, 2.24) is 9.80 Å². The molecule has 0 bridgehead atoms. The van der Waals surface area contributed by atoms with Crippen LogP contribution in [0.5, 0.6) is 5.75 Å². The van der Waals surface area contributed by atoms with Crippen molar-refractivity contribution in [3.8, 4) is 16.9 Å². The number of nitrogens with zero attached hydrogens (tertiary/aromatic N) is 3. The first-order valence-corrected chi connectivity index (χ1v) is 12.9. The van der Waals surface area contributed by atoms with E-state index in [1.165, 1.54) is 22.4 Å². The normalized spacial score (nSPS) is 14.5. The highest BCUT2D eigenvalue weighted by Gasteiger charge is 2.18. The maximum Gasteiger partial charge on any atom is 0.186 e. The fourth-order valence-electron chi connectivity index (χ4n) is 5.01. The largest absolute Gasteiger partial charge is 0.497 e. The van der Waals surface area contributed by atoms with Gasteiger partial charge >= 0.3 is 0 Å². The SMILES string of the molecule is COc1ccc(C(=O)/C=C/c2cc(-c3cc(C)cc(C)c3)ccc2N2CCN(C)CC2)c(CN(C)C)c1. The summed E-state index contributed by atoms with van der Waals surface area (Å²) in [6.45, 7) is 8.94. The Morgan fingerprint density at radius 1 is 0.919 bits per heavy atom. The van der Waals surface area contributed by atoms with E-state index in [0.29, 0.717) is 12.1 Å². The first-order valence-electron chi connectivity index (χ1n) is 12.9. The third-order valence-electron chi connectivity index (χ3n) is 6.91. The van der Waals surface area contributed by atoms with Crippen molar-refractivity contribution in [2.24, 2.45) is 0 Å². The number of likely N-dealkylation sites (N-methyl/N-ethyl adjacent to an activating group) is 1. The van der Waals surface area contributed by atoms with Crippen LogP contribution in [0.4, 0.5) is 5.69 Å². The number of methoxy groups -OCH3 is 1. The smallest absolute Gasteiger partial charge is 0.186 e. The van der Waals surface area contributed by atoms with Crippen LogP contribution < -0.4 is 9.64 Å². The molecule has 0 atom stereocenters. The fourth-order valence-corrected chi connectivity index (χ4v) is 5.01. The average molecular weight is 498 g/mol. The van der Waals surface area contributed by atoms with Gasteiger partial charge in [0.15, 0.2) is 5.78 Å². The van der Waals surface area contributed by atoms with Crippen LogP contribution in [0.3, 0.4) is 0 Å². The lowest BCUT2D eigenvalue weighted by molar-refractivity contribution is 0.104. The van der Waals surface area contributed by atoms with Crippen LogP contribution in [-0.4, -0.2) is 70.0 Å². The number of carbonyl (C=O) groups excluding carboxylic acids is 1. The number of carbonyl (C=O) groups is 1. The van der Waals surface area contributed by atoms with Gasteiger partial charge in [0.2, 0.25) is 0 Å².